The van der Waals surface area contributed by atoms with Gasteiger partial charge in [0, 0.05) is 50.9 Å². The Hall–Kier alpha value is -2.41. The lowest BCUT2D eigenvalue weighted by molar-refractivity contribution is 0.0947. The summed E-state index contributed by atoms with van der Waals surface area (Å²) in [5.74, 6) is -0.560. The second-order valence-corrected chi connectivity index (χ2v) is 7.32. The van der Waals surface area contributed by atoms with Crippen molar-refractivity contribution in [3.05, 3.63) is 39.9 Å². The summed E-state index contributed by atoms with van der Waals surface area (Å²) in [5.41, 5.74) is 0.779. The van der Waals surface area contributed by atoms with Crippen LogP contribution in [-0.4, -0.2) is 43.2 Å². The number of nitrogens with zero attached hydrogens (tertiary/aromatic N) is 2. The molecular formula is C20H27FN4O2. The van der Waals surface area contributed by atoms with Gasteiger partial charge in [0.1, 0.15) is 11.4 Å². The van der Waals surface area contributed by atoms with Gasteiger partial charge in [-0.2, -0.15) is 0 Å². The molecule has 6 nitrogen and oxygen atoms in total. The molecule has 0 atom stereocenters. The molecule has 0 saturated carbocycles. The van der Waals surface area contributed by atoms with Crippen LogP contribution in [0.1, 0.15) is 31.1 Å². The van der Waals surface area contributed by atoms with Crippen LogP contribution in [0.5, 0.6) is 0 Å². The molecule has 0 unspecified atom stereocenters. The van der Waals surface area contributed by atoms with Crippen LogP contribution < -0.4 is 21.0 Å². The number of carbonyl (C=O) groups excluding carboxylic acids is 1. The molecule has 146 valence electrons. The van der Waals surface area contributed by atoms with Gasteiger partial charge >= 0.3 is 0 Å². The van der Waals surface area contributed by atoms with Crippen LogP contribution in [0.3, 0.4) is 0 Å². The van der Waals surface area contributed by atoms with Crippen molar-refractivity contribution in [3.63, 3.8) is 0 Å². The molecule has 2 aromatic rings. The summed E-state index contributed by atoms with van der Waals surface area (Å²) in [6.45, 7) is 10.00. The number of anilines is 1. The van der Waals surface area contributed by atoms with Crippen LogP contribution in [0.25, 0.3) is 10.9 Å². The van der Waals surface area contributed by atoms with Crippen molar-refractivity contribution < 1.29 is 9.18 Å². The molecule has 0 radical (unpaired) electrons. The Balaban J connectivity index is 2.09. The Kier molecular flexibility index (Phi) is 5.79. The number of aryl methyl sites for hydroxylation is 1. The Morgan fingerprint density at radius 1 is 1.30 bits per heavy atom. The van der Waals surface area contributed by atoms with Gasteiger partial charge in [0.25, 0.3) is 5.91 Å². The standard InChI is InChI=1S/C20H27FN4O2/c1-4-24-12-15(20(27)23-11-13(2)3)19(26)14-9-16(21)18(10-17(14)24)25-7-5-22-6-8-25/h9-10,12-13,22H,4-8,11H2,1-3H3,(H,23,27). The monoisotopic (exact) mass is 374 g/mol. The van der Waals surface area contributed by atoms with Crippen molar-refractivity contribution in [3.8, 4) is 0 Å². The molecular weight excluding hydrogens is 347 g/mol. The first kappa shape index (κ1) is 19.4. The normalized spacial score (nSPS) is 14.8. The molecule has 1 aliphatic heterocycles. The molecule has 0 aliphatic carbocycles. The lowest BCUT2D eigenvalue weighted by Gasteiger charge is -2.30. The van der Waals surface area contributed by atoms with Crippen LogP contribution >= 0.6 is 0 Å². The predicted molar refractivity (Wildman–Crippen MR) is 106 cm³/mol. The molecule has 1 aliphatic rings. The molecule has 1 fully saturated rings. The molecule has 0 spiro atoms. The number of hydrogen-bond donors (Lipinski definition) is 2. The summed E-state index contributed by atoms with van der Waals surface area (Å²) in [5, 5.41) is 6.26. The third-order valence-electron chi connectivity index (χ3n) is 4.86. The minimum absolute atomic E-state index is 0.0549. The number of nitrogens with one attached hydrogen (secondary N) is 2. The highest BCUT2D eigenvalue weighted by molar-refractivity contribution is 5.97. The predicted octanol–water partition coefficient (Wildman–Crippen LogP) is 1.96. The molecule has 2 N–H and O–H groups in total. The molecule has 27 heavy (non-hydrogen) atoms. The van der Waals surface area contributed by atoms with Gasteiger partial charge in [-0.05, 0) is 25.0 Å². The fourth-order valence-corrected chi connectivity index (χ4v) is 3.36. The summed E-state index contributed by atoms with van der Waals surface area (Å²) < 4.78 is 16.6. The fourth-order valence-electron chi connectivity index (χ4n) is 3.36. The number of halogens is 1. The summed E-state index contributed by atoms with van der Waals surface area (Å²) in [4.78, 5) is 27.3. The van der Waals surface area contributed by atoms with Gasteiger partial charge < -0.3 is 20.1 Å². The van der Waals surface area contributed by atoms with E-state index >= 15 is 0 Å². The maximum Gasteiger partial charge on any atom is 0.256 e. The molecule has 0 bridgehead atoms. The van der Waals surface area contributed by atoms with E-state index in [0.717, 1.165) is 13.1 Å². The summed E-state index contributed by atoms with van der Waals surface area (Å²) >= 11 is 0. The summed E-state index contributed by atoms with van der Waals surface area (Å²) in [6.07, 6.45) is 1.58. The van der Waals surface area contributed by atoms with Crippen LogP contribution in [0.15, 0.2) is 23.1 Å². The fraction of sp³-hybridized carbons (Fsp3) is 0.500. The van der Waals surface area contributed by atoms with Crippen LogP contribution in [-0.2, 0) is 6.54 Å². The number of aromatic nitrogens is 1. The Labute approximate surface area is 158 Å². The Morgan fingerprint density at radius 2 is 2.00 bits per heavy atom. The number of carbonyl (C=O) groups is 1. The summed E-state index contributed by atoms with van der Waals surface area (Å²) in [6, 6.07) is 3.01. The number of amides is 1. The molecule has 2 heterocycles. The topological polar surface area (TPSA) is 66.4 Å². The van der Waals surface area contributed by atoms with Gasteiger partial charge in [-0.15, -0.1) is 0 Å². The number of fused-ring (bicyclic) bond motifs is 1. The van der Waals surface area contributed by atoms with Crippen molar-refractivity contribution in [2.24, 2.45) is 5.92 Å². The number of hydrogen-bond acceptors (Lipinski definition) is 4. The number of pyridine rings is 1. The average molecular weight is 374 g/mol. The number of benzene rings is 1. The minimum Gasteiger partial charge on any atom is -0.367 e. The van der Waals surface area contributed by atoms with Crippen LogP contribution in [0.2, 0.25) is 0 Å². The Bertz CT molecular complexity index is 901. The SMILES string of the molecule is CCn1cc(C(=O)NCC(C)C)c(=O)c2cc(F)c(N3CCNCC3)cc21. The lowest BCUT2D eigenvalue weighted by Crippen LogP contribution is -2.44. The molecule has 3 rings (SSSR count). The van der Waals surface area contributed by atoms with Gasteiger partial charge in [-0.25, -0.2) is 4.39 Å². The van der Waals surface area contributed by atoms with E-state index < -0.39 is 17.2 Å². The quantitative estimate of drug-likeness (QED) is 0.840. The van der Waals surface area contributed by atoms with Crippen molar-refractivity contribution in [1.29, 1.82) is 0 Å². The highest BCUT2D eigenvalue weighted by Gasteiger charge is 2.20. The maximum atomic E-state index is 14.8. The smallest absolute Gasteiger partial charge is 0.256 e. The highest BCUT2D eigenvalue weighted by atomic mass is 19.1. The number of piperazine rings is 1. The third-order valence-corrected chi connectivity index (χ3v) is 4.86. The summed E-state index contributed by atoms with van der Waals surface area (Å²) in [7, 11) is 0. The molecule has 1 aromatic carbocycles. The minimum atomic E-state index is -0.429. The first-order chi connectivity index (χ1) is 12.9. The lowest BCUT2D eigenvalue weighted by atomic mass is 10.1. The van der Waals surface area contributed by atoms with E-state index in [1.54, 1.807) is 12.3 Å². The first-order valence-electron chi connectivity index (χ1n) is 9.53. The van der Waals surface area contributed by atoms with E-state index in [1.165, 1.54) is 6.07 Å². The molecule has 1 saturated heterocycles. The zero-order chi connectivity index (χ0) is 19.6. The maximum absolute atomic E-state index is 14.8. The van der Waals surface area contributed by atoms with E-state index in [1.807, 2.05) is 30.2 Å². The van der Waals surface area contributed by atoms with Gasteiger partial charge in [0.15, 0.2) is 0 Å². The zero-order valence-electron chi connectivity index (χ0n) is 16.1. The van der Waals surface area contributed by atoms with E-state index in [2.05, 4.69) is 10.6 Å². The first-order valence-corrected chi connectivity index (χ1v) is 9.53. The van der Waals surface area contributed by atoms with E-state index in [0.29, 0.717) is 37.4 Å². The number of rotatable bonds is 5. The Morgan fingerprint density at radius 3 is 2.63 bits per heavy atom. The van der Waals surface area contributed by atoms with Gasteiger partial charge in [0.2, 0.25) is 5.43 Å². The van der Waals surface area contributed by atoms with E-state index in [9.17, 15) is 14.0 Å². The van der Waals surface area contributed by atoms with Crippen molar-refractivity contribution in [1.82, 2.24) is 15.2 Å². The largest absolute Gasteiger partial charge is 0.367 e. The van der Waals surface area contributed by atoms with E-state index in [-0.39, 0.29) is 16.9 Å². The van der Waals surface area contributed by atoms with Crippen LogP contribution in [0, 0.1) is 11.7 Å². The van der Waals surface area contributed by atoms with Gasteiger partial charge in [0.05, 0.1) is 11.2 Å². The van der Waals surface area contributed by atoms with Crippen molar-refractivity contribution in [2.75, 3.05) is 37.6 Å². The molecule has 1 aromatic heterocycles. The zero-order valence-corrected chi connectivity index (χ0v) is 16.1. The van der Waals surface area contributed by atoms with Crippen LogP contribution in [0.4, 0.5) is 10.1 Å². The molecule has 1 amide bonds. The average Bonchev–Trinajstić information content (AvgIpc) is 2.67. The van der Waals surface area contributed by atoms with Crippen molar-refractivity contribution in [2.45, 2.75) is 27.3 Å². The van der Waals surface area contributed by atoms with Gasteiger partial charge in [-0.3, -0.25) is 9.59 Å². The molecule has 7 heteroatoms. The second-order valence-electron chi connectivity index (χ2n) is 7.32. The third kappa shape index (κ3) is 3.98. The van der Waals surface area contributed by atoms with Gasteiger partial charge in [-0.1, -0.05) is 13.8 Å². The highest BCUT2D eigenvalue weighted by Crippen LogP contribution is 2.25. The van der Waals surface area contributed by atoms with Crippen molar-refractivity contribution >= 4 is 22.5 Å². The second kappa shape index (κ2) is 8.08. The van der Waals surface area contributed by atoms with E-state index in [4.69, 9.17) is 0 Å².